The molecule has 0 fully saturated rings. The molecule has 1 aromatic carbocycles. The summed E-state index contributed by atoms with van der Waals surface area (Å²) >= 11 is 0. The van der Waals surface area contributed by atoms with Crippen molar-refractivity contribution in [3.05, 3.63) is 34.9 Å². The molecule has 1 amide bonds. The Morgan fingerprint density at radius 3 is 2.71 bits per heavy atom. The summed E-state index contributed by atoms with van der Waals surface area (Å²) in [6.07, 6.45) is 1.22. The summed E-state index contributed by atoms with van der Waals surface area (Å²) in [6.45, 7) is 5.81. The second-order valence-electron chi connectivity index (χ2n) is 6.30. The summed E-state index contributed by atoms with van der Waals surface area (Å²) in [6, 6.07) is 5.34. The summed E-state index contributed by atoms with van der Waals surface area (Å²) in [5.74, 6) is -0.893. The van der Waals surface area contributed by atoms with Crippen molar-refractivity contribution in [3.8, 4) is 0 Å². The molecule has 1 aromatic rings. The fraction of sp³-hybridized carbons (Fsp3) is 0.500. The number of amides is 1. The Hall–Kier alpha value is -2.04. The van der Waals surface area contributed by atoms with Crippen molar-refractivity contribution in [3.63, 3.8) is 0 Å². The molecule has 5 heteroatoms. The Morgan fingerprint density at radius 2 is 2.10 bits per heavy atom. The lowest BCUT2D eigenvalue weighted by atomic mass is 9.95. The minimum Gasteiger partial charge on any atom is -0.478 e. The van der Waals surface area contributed by atoms with Gasteiger partial charge in [-0.1, -0.05) is 12.1 Å². The van der Waals surface area contributed by atoms with Gasteiger partial charge >= 0.3 is 12.1 Å². The van der Waals surface area contributed by atoms with Gasteiger partial charge in [0.2, 0.25) is 0 Å². The molecule has 5 nitrogen and oxygen atoms in total. The van der Waals surface area contributed by atoms with Crippen LogP contribution in [0.2, 0.25) is 0 Å². The fourth-order valence-corrected chi connectivity index (χ4v) is 2.70. The van der Waals surface area contributed by atoms with E-state index >= 15 is 0 Å². The van der Waals surface area contributed by atoms with Crippen LogP contribution in [0.3, 0.4) is 0 Å². The summed E-state index contributed by atoms with van der Waals surface area (Å²) < 4.78 is 5.20. The lowest BCUT2D eigenvalue weighted by Gasteiger charge is -2.21. The zero-order chi connectivity index (χ0) is 15.6. The Morgan fingerprint density at radius 1 is 1.38 bits per heavy atom. The van der Waals surface area contributed by atoms with Crippen molar-refractivity contribution < 1.29 is 19.4 Å². The molecule has 21 heavy (non-hydrogen) atoms. The van der Waals surface area contributed by atoms with Crippen molar-refractivity contribution in [2.24, 2.45) is 0 Å². The third-order valence-corrected chi connectivity index (χ3v) is 3.49. The number of carbonyl (C=O) groups excluding carboxylic acids is 1. The minimum atomic E-state index is -0.920. The van der Waals surface area contributed by atoms with Gasteiger partial charge < -0.3 is 15.2 Å². The first kappa shape index (κ1) is 15.4. The van der Waals surface area contributed by atoms with E-state index in [1.165, 1.54) is 0 Å². The first-order valence-corrected chi connectivity index (χ1v) is 7.10. The maximum absolute atomic E-state index is 11.7. The highest BCUT2D eigenvalue weighted by Crippen LogP contribution is 2.35. The smallest absolute Gasteiger partial charge is 0.407 e. The second kappa shape index (κ2) is 5.76. The molecule has 2 N–H and O–H groups in total. The Balaban J connectivity index is 2.06. The number of ether oxygens (including phenoxy) is 1. The summed E-state index contributed by atoms with van der Waals surface area (Å²) in [5.41, 5.74) is 1.71. The van der Waals surface area contributed by atoms with Crippen LogP contribution in [-0.2, 0) is 11.2 Å². The zero-order valence-electron chi connectivity index (χ0n) is 12.6. The molecule has 1 atom stereocenters. The van der Waals surface area contributed by atoms with Gasteiger partial charge in [-0.25, -0.2) is 9.59 Å². The molecule has 1 aliphatic carbocycles. The van der Waals surface area contributed by atoms with E-state index in [9.17, 15) is 14.7 Å². The van der Waals surface area contributed by atoms with Crippen molar-refractivity contribution in [2.75, 3.05) is 6.54 Å². The largest absolute Gasteiger partial charge is 0.478 e. The van der Waals surface area contributed by atoms with E-state index in [2.05, 4.69) is 5.32 Å². The average Bonchev–Trinajstić information content (AvgIpc) is 2.77. The zero-order valence-corrected chi connectivity index (χ0v) is 12.6. The molecule has 114 valence electrons. The topological polar surface area (TPSA) is 75.6 Å². The number of hydrogen-bond acceptors (Lipinski definition) is 3. The third-order valence-electron chi connectivity index (χ3n) is 3.49. The van der Waals surface area contributed by atoms with Gasteiger partial charge in [-0.15, -0.1) is 0 Å². The summed E-state index contributed by atoms with van der Waals surface area (Å²) in [4.78, 5) is 23.0. The molecule has 1 aliphatic rings. The van der Waals surface area contributed by atoms with Crippen LogP contribution in [0, 0.1) is 0 Å². The van der Waals surface area contributed by atoms with E-state index in [1.54, 1.807) is 32.9 Å². The van der Waals surface area contributed by atoms with Gasteiger partial charge in [0, 0.05) is 12.5 Å². The minimum absolute atomic E-state index is 0.0276. The van der Waals surface area contributed by atoms with Crippen LogP contribution >= 0.6 is 0 Å². The molecule has 2 rings (SSSR count). The predicted molar refractivity (Wildman–Crippen MR) is 78.7 cm³/mol. The standard InChI is InChI=1S/C16H21NO4/c1-16(2,3)21-15(20)17-9-11-8-7-10-5-4-6-12(13(10)11)14(18)19/h4-6,11H,7-9H2,1-3H3,(H,17,20)(H,18,19). The molecule has 0 radical (unpaired) electrons. The Kier molecular flexibility index (Phi) is 4.21. The van der Waals surface area contributed by atoms with Crippen LogP contribution in [0.1, 0.15) is 54.6 Å². The number of hydrogen-bond donors (Lipinski definition) is 2. The van der Waals surface area contributed by atoms with E-state index in [-0.39, 0.29) is 5.92 Å². The number of benzene rings is 1. The van der Waals surface area contributed by atoms with Gasteiger partial charge in [0.05, 0.1) is 5.56 Å². The first-order valence-electron chi connectivity index (χ1n) is 7.10. The van der Waals surface area contributed by atoms with Crippen molar-refractivity contribution >= 4 is 12.1 Å². The molecule has 0 spiro atoms. The van der Waals surface area contributed by atoms with Crippen LogP contribution < -0.4 is 5.32 Å². The number of rotatable bonds is 3. The number of carboxylic acid groups (broad SMARTS) is 1. The van der Waals surface area contributed by atoms with Crippen LogP contribution in [0.4, 0.5) is 4.79 Å². The van der Waals surface area contributed by atoms with Gasteiger partial charge in [-0.3, -0.25) is 0 Å². The lowest BCUT2D eigenvalue weighted by molar-refractivity contribution is 0.0524. The summed E-state index contributed by atoms with van der Waals surface area (Å²) in [7, 11) is 0. The van der Waals surface area contributed by atoms with Crippen LogP contribution in [0.25, 0.3) is 0 Å². The molecule has 1 unspecified atom stereocenters. The van der Waals surface area contributed by atoms with E-state index in [4.69, 9.17) is 4.74 Å². The molecular weight excluding hydrogens is 270 g/mol. The maximum atomic E-state index is 11.7. The van der Waals surface area contributed by atoms with E-state index < -0.39 is 17.7 Å². The fourth-order valence-electron chi connectivity index (χ4n) is 2.70. The van der Waals surface area contributed by atoms with Crippen LogP contribution in [0.15, 0.2) is 18.2 Å². The van der Waals surface area contributed by atoms with E-state index in [0.29, 0.717) is 12.1 Å². The van der Waals surface area contributed by atoms with E-state index in [0.717, 1.165) is 24.0 Å². The number of nitrogens with one attached hydrogen (secondary N) is 1. The molecule has 0 aromatic heterocycles. The number of carbonyl (C=O) groups is 2. The lowest BCUT2D eigenvalue weighted by Crippen LogP contribution is -2.34. The molecule has 0 saturated carbocycles. The predicted octanol–water partition coefficient (Wildman–Crippen LogP) is 2.94. The Bertz CT molecular complexity index is 560. The average molecular weight is 291 g/mol. The molecule has 0 saturated heterocycles. The maximum Gasteiger partial charge on any atom is 0.407 e. The van der Waals surface area contributed by atoms with Crippen molar-refractivity contribution in [1.82, 2.24) is 5.32 Å². The van der Waals surface area contributed by atoms with Crippen LogP contribution in [-0.4, -0.2) is 29.3 Å². The molecule has 0 aliphatic heterocycles. The van der Waals surface area contributed by atoms with Gasteiger partial charge in [-0.05, 0) is 50.8 Å². The highest BCUT2D eigenvalue weighted by molar-refractivity contribution is 5.90. The van der Waals surface area contributed by atoms with Gasteiger partial charge in [-0.2, -0.15) is 0 Å². The molecular formula is C16H21NO4. The number of alkyl carbamates (subject to hydrolysis) is 1. The first-order chi connectivity index (χ1) is 9.78. The second-order valence-corrected chi connectivity index (χ2v) is 6.30. The quantitative estimate of drug-likeness (QED) is 0.897. The normalized spacial score (nSPS) is 17.2. The van der Waals surface area contributed by atoms with Gasteiger partial charge in [0.15, 0.2) is 0 Å². The SMILES string of the molecule is CC(C)(C)OC(=O)NCC1CCc2cccc(C(=O)O)c21. The van der Waals surface area contributed by atoms with Gasteiger partial charge in [0.25, 0.3) is 0 Å². The molecule has 0 heterocycles. The van der Waals surface area contributed by atoms with Crippen molar-refractivity contribution in [2.45, 2.75) is 45.1 Å². The van der Waals surface area contributed by atoms with Crippen LogP contribution in [0.5, 0.6) is 0 Å². The van der Waals surface area contributed by atoms with Gasteiger partial charge in [0.1, 0.15) is 5.60 Å². The monoisotopic (exact) mass is 291 g/mol. The summed E-state index contributed by atoms with van der Waals surface area (Å²) in [5, 5.41) is 12.0. The molecule has 0 bridgehead atoms. The number of carboxylic acids is 1. The van der Waals surface area contributed by atoms with Crippen molar-refractivity contribution in [1.29, 1.82) is 0 Å². The number of aromatic carboxylic acids is 1. The highest BCUT2D eigenvalue weighted by atomic mass is 16.6. The Labute approximate surface area is 124 Å². The number of aryl methyl sites for hydroxylation is 1. The third kappa shape index (κ3) is 3.74. The number of fused-ring (bicyclic) bond motifs is 1. The highest BCUT2D eigenvalue weighted by Gasteiger charge is 2.28. The van der Waals surface area contributed by atoms with E-state index in [1.807, 2.05) is 6.07 Å².